The summed E-state index contributed by atoms with van der Waals surface area (Å²) in [6.45, 7) is 0. The van der Waals surface area contributed by atoms with Crippen molar-refractivity contribution in [3.63, 3.8) is 0 Å². The summed E-state index contributed by atoms with van der Waals surface area (Å²) < 4.78 is 43.3. The molecule has 0 radical (unpaired) electrons. The van der Waals surface area contributed by atoms with Crippen molar-refractivity contribution in [2.24, 2.45) is 0 Å². The van der Waals surface area contributed by atoms with Gasteiger partial charge in [0.05, 0.1) is 22.6 Å². The summed E-state index contributed by atoms with van der Waals surface area (Å²) >= 11 is 0. The molecule has 8 nitrogen and oxygen atoms in total. The van der Waals surface area contributed by atoms with E-state index in [1.165, 1.54) is 52.4 Å². The fraction of sp³-hybridized carbons (Fsp3) is 0.0556. The SMILES string of the molecule is O=C(Nc1ccc(-n2cccn2)cc1C(F)(F)F)c1cccc(-n2cnnn2)c1. The molecule has 0 aliphatic heterocycles. The number of benzene rings is 2. The van der Waals surface area contributed by atoms with E-state index in [9.17, 15) is 18.0 Å². The molecule has 0 saturated heterocycles. The van der Waals surface area contributed by atoms with Crippen LogP contribution in [0.3, 0.4) is 0 Å². The average molecular weight is 399 g/mol. The number of nitrogens with zero attached hydrogens (tertiary/aromatic N) is 6. The summed E-state index contributed by atoms with van der Waals surface area (Å²) in [5.74, 6) is -0.697. The highest BCUT2D eigenvalue weighted by Crippen LogP contribution is 2.36. The van der Waals surface area contributed by atoms with E-state index < -0.39 is 17.6 Å². The second kappa shape index (κ2) is 7.19. The Morgan fingerprint density at radius 1 is 1.00 bits per heavy atom. The molecule has 0 atom stereocenters. The molecule has 4 aromatic rings. The lowest BCUT2D eigenvalue weighted by molar-refractivity contribution is -0.136. The normalized spacial score (nSPS) is 11.4. The molecule has 11 heteroatoms. The van der Waals surface area contributed by atoms with Crippen LogP contribution in [0.4, 0.5) is 18.9 Å². The third-order valence-corrected chi connectivity index (χ3v) is 4.05. The zero-order chi connectivity index (χ0) is 20.4. The molecular formula is C18H12F3N7O. The van der Waals surface area contributed by atoms with Gasteiger partial charge >= 0.3 is 6.18 Å². The van der Waals surface area contributed by atoms with E-state index in [0.29, 0.717) is 5.69 Å². The van der Waals surface area contributed by atoms with E-state index in [0.717, 1.165) is 6.07 Å². The molecule has 0 spiro atoms. The summed E-state index contributed by atoms with van der Waals surface area (Å²) in [6.07, 6.45) is -0.342. The number of anilines is 1. The molecule has 29 heavy (non-hydrogen) atoms. The first-order chi connectivity index (χ1) is 13.9. The molecule has 0 aliphatic rings. The van der Waals surface area contributed by atoms with Crippen molar-refractivity contribution in [3.8, 4) is 11.4 Å². The van der Waals surface area contributed by atoms with Gasteiger partial charge in [-0.25, -0.2) is 9.36 Å². The Morgan fingerprint density at radius 3 is 2.52 bits per heavy atom. The molecule has 2 aromatic heterocycles. The van der Waals surface area contributed by atoms with Crippen LogP contribution >= 0.6 is 0 Å². The van der Waals surface area contributed by atoms with Gasteiger partial charge in [0.1, 0.15) is 6.33 Å². The number of rotatable bonds is 4. The van der Waals surface area contributed by atoms with Crippen molar-refractivity contribution >= 4 is 11.6 Å². The largest absolute Gasteiger partial charge is 0.418 e. The number of alkyl halides is 3. The smallest absolute Gasteiger partial charge is 0.321 e. The number of hydrogen-bond acceptors (Lipinski definition) is 5. The summed E-state index contributed by atoms with van der Waals surface area (Å²) in [5.41, 5.74) is -0.460. The molecule has 1 amide bonds. The van der Waals surface area contributed by atoms with Gasteiger partial charge in [-0.15, -0.1) is 5.10 Å². The first-order valence-corrected chi connectivity index (χ1v) is 8.28. The highest BCUT2D eigenvalue weighted by molar-refractivity contribution is 6.05. The van der Waals surface area contributed by atoms with E-state index in [-0.39, 0.29) is 16.9 Å². The lowest BCUT2D eigenvalue weighted by Crippen LogP contribution is -2.17. The van der Waals surface area contributed by atoms with Gasteiger partial charge in [-0.3, -0.25) is 4.79 Å². The number of nitrogens with one attached hydrogen (secondary N) is 1. The van der Waals surface area contributed by atoms with Crippen LogP contribution < -0.4 is 5.32 Å². The van der Waals surface area contributed by atoms with E-state index in [1.807, 2.05) is 0 Å². The topological polar surface area (TPSA) is 90.5 Å². The third kappa shape index (κ3) is 3.83. The Kier molecular flexibility index (Phi) is 4.55. The van der Waals surface area contributed by atoms with Crippen molar-refractivity contribution < 1.29 is 18.0 Å². The van der Waals surface area contributed by atoms with Gasteiger partial charge in [-0.2, -0.15) is 18.3 Å². The number of aromatic nitrogens is 6. The van der Waals surface area contributed by atoms with E-state index in [2.05, 4.69) is 25.9 Å². The zero-order valence-electron chi connectivity index (χ0n) is 14.6. The summed E-state index contributed by atoms with van der Waals surface area (Å²) in [7, 11) is 0. The molecule has 0 aliphatic carbocycles. The monoisotopic (exact) mass is 399 g/mol. The maximum Gasteiger partial charge on any atom is 0.418 e. The van der Waals surface area contributed by atoms with Gasteiger partial charge in [0, 0.05) is 18.0 Å². The number of hydrogen-bond donors (Lipinski definition) is 1. The van der Waals surface area contributed by atoms with Crippen LogP contribution in [-0.4, -0.2) is 35.9 Å². The quantitative estimate of drug-likeness (QED) is 0.570. The summed E-state index contributed by atoms with van der Waals surface area (Å²) in [4.78, 5) is 12.6. The van der Waals surface area contributed by atoms with Crippen LogP contribution in [0.15, 0.2) is 67.3 Å². The van der Waals surface area contributed by atoms with Crippen LogP contribution in [0.2, 0.25) is 0 Å². The Hall–Kier alpha value is -4.02. The lowest BCUT2D eigenvalue weighted by atomic mass is 10.1. The Bertz CT molecular complexity index is 1140. The van der Waals surface area contributed by atoms with Crippen LogP contribution in [0.5, 0.6) is 0 Å². The number of carbonyl (C=O) groups excluding carboxylic acids is 1. The summed E-state index contributed by atoms with van der Waals surface area (Å²) in [6, 6.07) is 11.4. The fourth-order valence-electron chi connectivity index (χ4n) is 2.70. The predicted octanol–water partition coefficient (Wildman–Crippen LogP) is 3.12. The molecule has 2 heterocycles. The number of halogens is 3. The fourth-order valence-corrected chi connectivity index (χ4v) is 2.70. The van der Waals surface area contributed by atoms with Gasteiger partial charge in [0.2, 0.25) is 0 Å². The van der Waals surface area contributed by atoms with Gasteiger partial charge in [-0.05, 0) is 52.9 Å². The number of tetrazole rings is 1. The van der Waals surface area contributed by atoms with E-state index in [4.69, 9.17) is 0 Å². The van der Waals surface area contributed by atoms with Crippen LogP contribution in [0.25, 0.3) is 11.4 Å². The van der Waals surface area contributed by atoms with Crippen molar-refractivity contribution in [2.75, 3.05) is 5.32 Å². The highest BCUT2D eigenvalue weighted by Gasteiger charge is 2.34. The second-order valence-corrected chi connectivity index (χ2v) is 5.94. The molecule has 1 N–H and O–H groups in total. The van der Waals surface area contributed by atoms with Crippen molar-refractivity contribution in [1.29, 1.82) is 0 Å². The molecule has 0 unspecified atom stereocenters. The average Bonchev–Trinajstić information content (AvgIpc) is 3.42. The standard InChI is InChI=1S/C18H12F3N7O/c19-18(20,21)15-10-14(27-8-2-7-23-27)5-6-16(15)24-17(29)12-3-1-4-13(9-12)28-11-22-25-26-28/h1-11H,(H,24,29). The third-order valence-electron chi connectivity index (χ3n) is 4.05. The lowest BCUT2D eigenvalue weighted by Gasteiger charge is -2.15. The number of carbonyl (C=O) groups is 1. The molecular weight excluding hydrogens is 387 g/mol. The van der Waals surface area contributed by atoms with Crippen molar-refractivity contribution in [2.45, 2.75) is 6.18 Å². The predicted molar refractivity (Wildman–Crippen MR) is 95.7 cm³/mol. The van der Waals surface area contributed by atoms with Gasteiger partial charge in [0.25, 0.3) is 5.91 Å². The van der Waals surface area contributed by atoms with E-state index in [1.54, 1.807) is 18.2 Å². The zero-order valence-corrected chi connectivity index (χ0v) is 14.6. The maximum atomic E-state index is 13.6. The minimum absolute atomic E-state index is 0.155. The molecule has 2 aromatic carbocycles. The second-order valence-electron chi connectivity index (χ2n) is 5.94. The Morgan fingerprint density at radius 2 is 1.83 bits per heavy atom. The highest BCUT2D eigenvalue weighted by atomic mass is 19.4. The summed E-state index contributed by atoms with van der Waals surface area (Å²) in [5, 5.41) is 17.0. The minimum atomic E-state index is -4.67. The molecule has 0 fully saturated rings. The first kappa shape index (κ1) is 18.3. The molecule has 0 saturated carbocycles. The van der Waals surface area contributed by atoms with Gasteiger partial charge < -0.3 is 5.32 Å². The minimum Gasteiger partial charge on any atom is -0.321 e. The molecule has 146 valence electrons. The van der Waals surface area contributed by atoms with Crippen LogP contribution in [-0.2, 0) is 6.18 Å². The Labute approximate surface area is 161 Å². The molecule has 4 rings (SSSR count). The first-order valence-electron chi connectivity index (χ1n) is 8.28. The Balaban J connectivity index is 1.65. The van der Waals surface area contributed by atoms with Crippen molar-refractivity contribution in [1.82, 2.24) is 30.0 Å². The van der Waals surface area contributed by atoms with Gasteiger partial charge in [0.15, 0.2) is 0 Å². The maximum absolute atomic E-state index is 13.6. The van der Waals surface area contributed by atoms with Crippen LogP contribution in [0.1, 0.15) is 15.9 Å². The molecule has 0 bridgehead atoms. The van der Waals surface area contributed by atoms with Crippen LogP contribution in [0, 0.1) is 0 Å². The van der Waals surface area contributed by atoms with Gasteiger partial charge in [-0.1, -0.05) is 6.07 Å². The van der Waals surface area contributed by atoms with Crippen molar-refractivity contribution in [3.05, 3.63) is 78.4 Å². The number of amides is 1. The van der Waals surface area contributed by atoms with E-state index >= 15 is 0 Å².